The number of methoxy groups -OCH3 is 1. The van der Waals surface area contributed by atoms with E-state index in [4.69, 9.17) is 10.5 Å². The lowest BCUT2D eigenvalue weighted by atomic mass is 10.0. The molecule has 1 heterocycles. The van der Waals surface area contributed by atoms with Gasteiger partial charge in [-0.2, -0.15) is 0 Å². The zero-order valence-corrected chi connectivity index (χ0v) is 11.5. The van der Waals surface area contributed by atoms with Gasteiger partial charge >= 0.3 is 0 Å². The van der Waals surface area contributed by atoms with Crippen LogP contribution in [-0.2, 0) is 0 Å². The number of rotatable bonds is 4. The summed E-state index contributed by atoms with van der Waals surface area (Å²) in [6, 6.07) is 6.35. The van der Waals surface area contributed by atoms with E-state index >= 15 is 0 Å². The van der Waals surface area contributed by atoms with Crippen LogP contribution in [0.25, 0.3) is 0 Å². The summed E-state index contributed by atoms with van der Waals surface area (Å²) in [5, 5.41) is 0. The van der Waals surface area contributed by atoms with Gasteiger partial charge in [0.2, 0.25) is 0 Å². The molecule has 3 nitrogen and oxygen atoms in total. The molecule has 0 amide bonds. The summed E-state index contributed by atoms with van der Waals surface area (Å²) in [7, 11) is 1.70. The number of piperidine rings is 1. The first-order valence-electron chi connectivity index (χ1n) is 6.83. The van der Waals surface area contributed by atoms with Gasteiger partial charge in [-0.1, -0.05) is 18.6 Å². The van der Waals surface area contributed by atoms with E-state index in [1.54, 1.807) is 7.11 Å². The Morgan fingerprint density at radius 3 is 2.61 bits per heavy atom. The maximum absolute atomic E-state index is 6.30. The summed E-state index contributed by atoms with van der Waals surface area (Å²) in [5.41, 5.74) is 8.67. The van der Waals surface area contributed by atoms with Gasteiger partial charge in [0.15, 0.2) is 0 Å². The van der Waals surface area contributed by atoms with Crippen molar-refractivity contribution in [3.05, 3.63) is 29.3 Å². The lowest BCUT2D eigenvalue weighted by molar-refractivity contribution is 0.216. The zero-order valence-electron chi connectivity index (χ0n) is 11.5. The third-order valence-electron chi connectivity index (χ3n) is 3.75. The Labute approximate surface area is 110 Å². The number of likely N-dealkylation sites (tertiary alicyclic amines) is 1. The number of nitrogens with zero attached hydrogens (tertiary/aromatic N) is 1. The van der Waals surface area contributed by atoms with E-state index < -0.39 is 0 Å². The monoisotopic (exact) mass is 248 g/mol. The molecule has 0 radical (unpaired) electrons. The Kier molecular flexibility index (Phi) is 4.61. The second-order valence-electron chi connectivity index (χ2n) is 5.20. The van der Waals surface area contributed by atoms with Crippen LogP contribution in [-0.4, -0.2) is 31.6 Å². The Balaban J connectivity index is 1.99. The maximum atomic E-state index is 6.30. The van der Waals surface area contributed by atoms with Crippen LogP contribution < -0.4 is 10.5 Å². The molecular formula is C15H24N2O. The molecule has 1 aromatic carbocycles. The van der Waals surface area contributed by atoms with Crippen LogP contribution in [0.15, 0.2) is 18.2 Å². The van der Waals surface area contributed by atoms with E-state index in [0.717, 1.165) is 17.9 Å². The molecule has 1 aromatic rings. The van der Waals surface area contributed by atoms with Gasteiger partial charge in [-0.05, 0) is 50.0 Å². The van der Waals surface area contributed by atoms with E-state index in [1.807, 2.05) is 6.07 Å². The highest BCUT2D eigenvalue weighted by atomic mass is 16.5. The normalized spacial score (nSPS) is 18.6. The molecule has 0 aliphatic carbocycles. The number of aryl methyl sites for hydroxylation is 1. The van der Waals surface area contributed by atoms with Gasteiger partial charge in [0.05, 0.1) is 7.11 Å². The molecule has 100 valence electrons. The standard InChI is InChI=1S/C15H24N2O/c1-12-10-13(6-7-15(12)18-2)14(16)11-17-8-4-3-5-9-17/h6-7,10,14H,3-5,8-9,11,16H2,1-2H3. The lowest BCUT2D eigenvalue weighted by Gasteiger charge is -2.29. The minimum Gasteiger partial charge on any atom is -0.496 e. The average molecular weight is 248 g/mol. The van der Waals surface area contributed by atoms with Crippen molar-refractivity contribution in [3.63, 3.8) is 0 Å². The van der Waals surface area contributed by atoms with Crippen LogP contribution in [0.4, 0.5) is 0 Å². The first kappa shape index (κ1) is 13.4. The summed E-state index contributed by atoms with van der Waals surface area (Å²) >= 11 is 0. The van der Waals surface area contributed by atoms with Crippen molar-refractivity contribution in [1.82, 2.24) is 4.90 Å². The lowest BCUT2D eigenvalue weighted by Crippen LogP contribution is -2.36. The van der Waals surface area contributed by atoms with Gasteiger partial charge in [-0.3, -0.25) is 0 Å². The number of benzene rings is 1. The predicted octanol–water partition coefficient (Wildman–Crippen LogP) is 2.49. The van der Waals surface area contributed by atoms with Crippen molar-refractivity contribution in [2.45, 2.75) is 32.2 Å². The zero-order chi connectivity index (χ0) is 13.0. The summed E-state index contributed by atoms with van der Waals surface area (Å²) in [6.45, 7) is 5.42. The molecule has 1 fully saturated rings. The molecule has 3 heteroatoms. The van der Waals surface area contributed by atoms with E-state index in [-0.39, 0.29) is 6.04 Å². The predicted molar refractivity (Wildman–Crippen MR) is 75.0 cm³/mol. The molecule has 0 spiro atoms. The number of ether oxygens (including phenoxy) is 1. The summed E-state index contributed by atoms with van der Waals surface area (Å²) < 4.78 is 5.28. The third kappa shape index (κ3) is 3.24. The van der Waals surface area contributed by atoms with Crippen molar-refractivity contribution in [2.24, 2.45) is 5.73 Å². The van der Waals surface area contributed by atoms with Gasteiger partial charge in [0.25, 0.3) is 0 Å². The molecule has 1 unspecified atom stereocenters. The number of nitrogens with two attached hydrogens (primary N) is 1. The first-order valence-corrected chi connectivity index (χ1v) is 6.83. The van der Waals surface area contributed by atoms with Crippen molar-refractivity contribution in [1.29, 1.82) is 0 Å². The van der Waals surface area contributed by atoms with E-state index in [2.05, 4.69) is 24.0 Å². The van der Waals surface area contributed by atoms with Crippen LogP contribution in [0.2, 0.25) is 0 Å². The molecular weight excluding hydrogens is 224 g/mol. The highest BCUT2D eigenvalue weighted by molar-refractivity contribution is 5.37. The molecule has 1 saturated heterocycles. The quantitative estimate of drug-likeness (QED) is 0.889. The van der Waals surface area contributed by atoms with Crippen LogP contribution >= 0.6 is 0 Å². The van der Waals surface area contributed by atoms with Gasteiger partial charge in [0.1, 0.15) is 5.75 Å². The molecule has 1 atom stereocenters. The second-order valence-corrected chi connectivity index (χ2v) is 5.20. The Morgan fingerprint density at radius 1 is 1.28 bits per heavy atom. The molecule has 1 aliphatic rings. The molecule has 0 bridgehead atoms. The fourth-order valence-electron chi connectivity index (χ4n) is 2.66. The highest BCUT2D eigenvalue weighted by Gasteiger charge is 2.15. The van der Waals surface area contributed by atoms with Crippen LogP contribution in [0.1, 0.15) is 36.4 Å². The smallest absolute Gasteiger partial charge is 0.121 e. The van der Waals surface area contributed by atoms with Crippen LogP contribution in [0.3, 0.4) is 0 Å². The fourth-order valence-corrected chi connectivity index (χ4v) is 2.66. The van der Waals surface area contributed by atoms with E-state index in [1.165, 1.54) is 37.9 Å². The third-order valence-corrected chi connectivity index (χ3v) is 3.75. The summed E-state index contributed by atoms with van der Waals surface area (Å²) in [5.74, 6) is 0.934. The van der Waals surface area contributed by atoms with Crippen molar-refractivity contribution in [3.8, 4) is 5.75 Å². The molecule has 0 aromatic heterocycles. The van der Waals surface area contributed by atoms with E-state index in [9.17, 15) is 0 Å². The SMILES string of the molecule is COc1ccc(C(N)CN2CCCCC2)cc1C. The molecule has 0 saturated carbocycles. The molecule has 2 N–H and O–H groups in total. The summed E-state index contributed by atoms with van der Waals surface area (Å²) in [4.78, 5) is 2.48. The van der Waals surface area contributed by atoms with Crippen molar-refractivity contribution in [2.75, 3.05) is 26.7 Å². The van der Waals surface area contributed by atoms with Crippen molar-refractivity contribution < 1.29 is 4.74 Å². The van der Waals surface area contributed by atoms with Gasteiger partial charge < -0.3 is 15.4 Å². The Bertz CT molecular complexity index is 386. The number of hydrogen-bond acceptors (Lipinski definition) is 3. The van der Waals surface area contributed by atoms with Gasteiger partial charge in [-0.25, -0.2) is 0 Å². The first-order chi connectivity index (χ1) is 8.70. The largest absolute Gasteiger partial charge is 0.496 e. The summed E-state index contributed by atoms with van der Waals surface area (Å²) in [6.07, 6.45) is 4.00. The fraction of sp³-hybridized carbons (Fsp3) is 0.600. The van der Waals surface area contributed by atoms with Gasteiger partial charge in [-0.15, -0.1) is 0 Å². The molecule has 18 heavy (non-hydrogen) atoms. The van der Waals surface area contributed by atoms with E-state index in [0.29, 0.717) is 0 Å². The van der Waals surface area contributed by atoms with Crippen LogP contribution in [0, 0.1) is 6.92 Å². The van der Waals surface area contributed by atoms with Gasteiger partial charge in [0, 0.05) is 12.6 Å². The topological polar surface area (TPSA) is 38.5 Å². The maximum Gasteiger partial charge on any atom is 0.121 e. The highest BCUT2D eigenvalue weighted by Crippen LogP contribution is 2.22. The Morgan fingerprint density at radius 2 is 2.00 bits per heavy atom. The average Bonchev–Trinajstić information content (AvgIpc) is 2.39. The molecule has 1 aliphatic heterocycles. The van der Waals surface area contributed by atoms with Crippen LogP contribution in [0.5, 0.6) is 5.75 Å². The molecule has 2 rings (SSSR count). The second kappa shape index (κ2) is 6.21. The minimum absolute atomic E-state index is 0.104. The Hall–Kier alpha value is -1.06. The number of hydrogen-bond donors (Lipinski definition) is 1. The van der Waals surface area contributed by atoms with Crippen molar-refractivity contribution >= 4 is 0 Å². The minimum atomic E-state index is 0.104.